The van der Waals surface area contributed by atoms with Gasteiger partial charge in [0.25, 0.3) is 5.91 Å². The minimum absolute atomic E-state index is 0.0493. The largest absolute Gasteiger partial charge is 0.341 e. The molecule has 0 aliphatic rings. The molecule has 1 aromatic carbocycles. The summed E-state index contributed by atoms with van der Waals surface area (Å²) in [5, 5.41) is 2.82. The summed E-state index contributed by atoms with van der Waals surface area (Å²) < 4.78 is 26.9. The fourth-order valence-electron chi connectivity index (χ4n) is 3.53. The number of hydrogen-bond donors (Lipinski definition) is 1. The van der Waals surface area contributed by atoms with Crippen molar-refractivity contribution in [2.75, 3.05) is 20.1 Å². The second kappa shape index (κ2) is 11.6. The van der Waals surface area contributed by atoms with Gasteiger partial charge >= 0.3 is 0 Å². The third-order valence-corrected chi connectivity index (χ3v) is 7.53. The second-order valence-corrected chi connectivity index (χ2v) is 10.7. The molecule has 0 bridgehead atoms. The highest BCUT2D eigenvalue weighted by atomic mass is 32.2. The van der Waals surface area contributed by atoms with Crippen LogP contribution in [0.2, 0.25) is 0 Å². The predicted octanol–water partition coefficient (Wildman–Crippen LogP) is 3.36. The van der Waals surface area contributed by atoms with Crippen LogP contribution in [0.25, 0.3) is 0 Å². The Labute approximate surface area is 188 Å². The van der Waals surface area contributed by atoms with Gasteiger partial charge in [-0.1, -0.05) is 47.6 Å². The van der Waals surface area contributed by atoms with Crippen molar-refractivity contribution in [3.63, 3.8) is 0 Å². The van der Waals surface area contributed by atoms with Crippen molar-refractivity contribution in [3.8, 4) is 0 Å². The molecular formula is C23H39N3O4S. The van der Waals surface area contributed by atoms with Crippen LogP contribution in [0.3, 0.4) is 0 Å². The molecule has 7 nitrogen and oxygen atoms in total. The summed E-state index contributed by atoms with van der Waals surface area (Å²) in [6.07, 6.45) is 0.867. The monoisotopic (exact) mass is 453 g/mol. The van der Waals surface area contributed by atoms with Crippen LogP contribution < -0.4 is 5.32 Å². The fourth-order valence-corrected chi connectivity index (χ4v) is 5.03. The number of hydrogen-bond acceptors (Lipinski definition) is 4. The van der Waals surface area contributed by atoms with Crippen LogP contribution in [0.1, 0.15) is 65.2 Å². The first kappa shape index (κ1) is 27.1. The van der Waals surface area contributed by atoms with Gasteiger partial charge in [-0.3, -0.25) is 9.59 Å². The van der Waals surface area contributed by atoms with Gasteiger partial charge in [-0.25, -0.2) is 8.42 Å². The van der Waals surface area contributed by atoms with E-state index in [4.69, 9.17) is 0 Å². The van der Waals surface area contributed by atoms with Gasteiger partial charge in [0.15, 0.2) is 0 Å². The maximum absolute atomic E-state index is 13.1. The van der Waals surface area contributed by atoms with Crippen molar-refractivity contribution in [3.05, 3.63) is 29.8 Å². The molecular weight excluding hydrogens is 414 g/mol. The first-order chi connectivity index (χ1) is 14.4. The van der Waals surface area contributed by atoms with E-state index < -0.39 is 22.0 Å². The Morgan fingerprint density at radius 2 is 1.61 bits per heavy atom. The molecule has 0 spiro atoms. The van der Waals surface area contributed by atoms with Crippen molar-refractivity contribution in [2.24, 2.45) is 11.8 Å². The van der Waals surface area contributed by atoms with Crippen molar-refractivity contribution in [1.82, 2.24) is 14.5 Å². The van der Waals surface area contributed by atoms with Gasteiger partial charge in [-0.2, -0.15) is 4.31 Å². The number of carbonyl (C=O) groups is 2. The molecule has 8 heteroatoms. The number of nitrogens with one attached hydrogen (secondary N) is 1. The number of rotatable bonds is 11. The zero-order chi connectivity index (χ0) is 23.9. The molecule has 0 heterocycles. The van der Waals surface area contributed by atoms with Crippen molar-refractivity contribution in [1.29, 1.82) is 0 Å². The molecule has 1 rings (SSSR count). The Morgan fingerprint density at radius 1 is 1.03 bits per heavy atom. The fraction of sp³-hybridized carbons (Fsp3) is 0.652. The molecule has 0 aliphatic carbocycles. The molecule has 0 aromatic heterocycles. The average Bonchev–Trinajstić information content (AvgIpc) is 2.70. The van der Waals surface area contributed by atoms with Gasteiger partial charge in [0.2, 0.25) is 15.9 Å². The second-order valence-electron chi connectivity index (χ2n) is 8.74. The zero-order valence-electron chi connectivity index (χ0n) is 20.2. The lowest BCUT2D eigenvalue weighted by Crippen LogP contribution is -2.52. The Balaban J connectivity index is 3.10. The Bertz CT molecular complexity index is 848. The highest BCUT2D eigenvalue weighted by molar-refractivity contribution is 7.89. The van der Waals surface area contributed by atoms with E-state index in [0.717, 1.165) is 6.42 Å². The molecule has 1 N–H and O–H groups in total. The summed E-state index contributed by atoms with van der Waals surface area (Å²) in [6.45, 7) is 14.2. The van der Waals surface area contributed by atoms with Crippen LogP contribution in [0, 0.1) is 11.8 Å². The van der Waals surface area contributed by atoms with E-state index in [1.54, 1.807) is 37.9 Å². The highest BCUT2D eigenvalue weighted by Gasteiger charge is 2.30. The van der Waals surface area contributed by atoms with Gasteiger partial charge in [-0.15, -0.1) is 0 Å². The Kier molecular flexibility index (Phi) is 10.2. The van der Waals surface area contributed by atoms with E-state index in [-0.39, 0.29) is 28.3 Å². The quantitative estimate of drug-likeness (QED) is 0.557. The number of amides is 2. The lowest BCUT2D eigenvalue weighted by molar-refractivity contribution is -0.135. The van der Waals surface area contributed by atoms with Gasteiger partial charge in [-0.05, 0) is 43.4 Å². The normalized spacial score (nSPS) is 14.0. The molecule has 1 aromatic rings. The molecule has 2 amide bonds. The van der Waals surface area contributed by atoms with Gasteiger partial charge in [0.05, 0.1) is 4.90 Å². The van der Waals surface area contributed by atoms with E-state index in [0.29, 0.717) is 19.0 Å². The third kappa shape index (κ3) is 7.04. The van der Waals surface area contributed by atoms with Crippen molar-refractivity contribution >= 4 is 21.8 Å². The van der Waals surface area contributed by atoms with E-state index in [2.05, 4.69) is 19.2 Å². The van der Waals surface area contributed by atoms with Crippen molar-refractivity contribution < 1.29 is 18.0 Å². The van der Waals surface area contributed by atoms with Crippen LogP contribution in [0.5, 0.6) is 0 Å². The van der Waals surface area contributed by atoms with Gasteiger partial charge in [0.1, 0.15) is 6.04 Å². The van der Waals surface area contributed by atoms with Crippen LogP contribution in [0.4, 0.5) is 0 Å². The summed E-state index contributed by atoms with van der Waals surface area (Å²) >= 11 is 0. The van der Waals surface area contributed by atoms with E-state index in [1.165, 1.54) is 16.4 Å². The first-order valence-electron chi connectivity index (χ1n) is 11.0. The molecule has 31 heavy (non-hydrogen) atoms. The maximum atomic E-state index is 13.1. The zero-order valence-corrected chi connectivity index (χ0v) is 21.0. The molecule has 0 saturated heterocycles. The van der Waals surface area contributed by atoms with Gasteiger partial charge < -0.3 is 10.2 Å². The minimum Gasteiger partial charge on any atom is -0.341 e. The van der Waals surface area contributed by atoms with Gasteiger partial charge in [0, 0.05) is 31.7 Å². The molecule has 0 fully saturated rings. The number of carbonyl (C=O) groups excluding carboxylic acids is 2. The van der Waals surface area contributed by atoms with E-state index in [9.17, 15) is 18.0 Å². The smallest absolute Gasteiger partial charge is 0.251 e. The standard InChI is InChI=1S/C23H39N3O4S/c1-9-26(10-2)31(29,30)20-13-11-12-19(15-20)22(27)24-21(17(5)6)23(28)25(8)18(7)14-16(3)4/h11-13,15-18,21H,9-10,14H2,1-8H3,(H,24,27). The highest BCUT2D eigenvalue weighted by Crippen LogP contribution is 2.18. The molecule has 0 saturated carbocycles. The maximum Gasteiger partial charge on any atom is 0.251 e. The predicted molar refractivity (Wildman–Crippen MR) is 124 cm³/mol. The molecule has 2 unspecified atom stereocenters. The third-order valence-electron chi connectivity index (χ3n) is 5.48. The summed E-state index contributed by atoms with van der Waals surface area (Å²) in [5.41, 5.74) is 0.213. The lowest BCUT2D eigenvalue weighted by Gasteiger charge is -2.32. The molecule has 0 radical (unpaired) electrons. The number of nitrogens with zero attached hydrogens (tertiary/aromatic N) is 2. The molecule has 2 atom stereocenters. The number of likely N-dealkylation sites (N-methyl/N-ethyl adjacent to an activating group) is 1. The Morgan fingerprint density at radius 3 is 2.10 bits per heavy atom. The van der Waals surface area contributed by atoms with Crippen molar-refractivity contribution in [2.45, 2.75) is 71.9 Å². The van der Waals surface area contributed by atoms with Crippen LogP contribution in [-0.2, 0) is 14.8 Å². The Hall–Kier alpha value is -1.93. The van der Waals surface area contributed by atoms with E-state index in [1.807, 2.05) is 20.8 Å². The number of benzene rings is 1. The number of sulfonamides is 1. The average molecular weight is 454 g/mol. The summed E-state index contributed by atoms with van der Waals surface area (Å²) in [4.78, 5) is 27.8. The SMILES string of the molecule is CCN(CC)S(=O)(=O)c1cccc(C(=O)NC(C(=O)N(C)C(C)CC(C)C)C(C)C)c1. The summed E-state index contributed by atoms with van der Waals surface area (Å²) in [7, 11) is -1.92. The molecule has 176 valence electrons. The first-order valence-corrected chi connectivity index (χ1v) is 12.5. The molecule has 0 aliphatic heterocycles. The van der Waals surface area contributed by atoms with E-state index >= 15 is 0 Å². The lowest BCUT2D eigenvalue weighted by atomic mass is 9.99. The van der Waals surface area contributed by atoms with Crippen LogP contribution in [0.15, 0.2) is 29.2 Å². The summed E-state index contributed by atoms with van der Waals surface area (Å²) in [5.74, 6) is -0.280. The van der Waals surface area contributed by atoms with Crippen LogP contribution in [-0.4, -0.2) is 61.7 Å². The summed E-state index contributed by atoms with van der Waals surface area (Å²) in [6, 6.07) is 5.31. The minimum atomic E-state index is -3.68. The topological polar surface area (TPSA) is 86.8 Å². The van der Waals surface area contributed by atoms with Crippen LogP contribution >= 0.6 is 0 Å².